The predicted octanol–water partition coefficient (Wildman–Crippen LogP) is 3.52. The molecule has 2 rings (SSSR count). The maximum atomic E-state index is 6.09. The van der Waals surface area contributed by atoms with Gasteiger partial charge in [0.1, 0.15) is 0 Å². The van der Waals surface area contributed by atoms with Crippen LogP contribution in [0.5, 0.6) is 0 Å². The van der Waals surface area contributed by atoms with Gasteiger partial charge >= 0.3 is 0 Å². The second-order valence-corrected chi connectivity index (χ2v) is 5.27. The highest BCUT2D eigenvalue weighted by Crippen LogP contribution is 2.30. The summed E-state index contributed by atoms with van der Waals surface area (Å²) in [6.45, 7) is 3.08. The minimum absolute atomic E-state index is 0.0595. The van der Waals surface area contributed by atoms with Gasteiger partial charge in [-0.15, -0.1) is 0 Å². The Labute approximate surface area is 122 Å². The molecule has 3 N–H and O–H groups in total. The monoisotopic (exact) mass is 319 g/mol. The van der Waals surface area contributed by atoms with Crippen molar-refractivity contribution in [2.75, 3.05) is 12.3 Å². The normalized spacial score (nSPS) is 12.3. The zero-order valence-corrected chi connectivity index (χ0v) is 12.5. The minimum atomic E-state index is 0.0595. The molecule has 0 fully saturated rings. The van der Waals surface area contributed by atoms with Gasteiger partial charge in [0, 0.05) is 28.1 Å². The molecule has 19 heavy (non-hydrogen) atoms. The van der Waals surface area contributed by atoms with E-state index in [9.17, 15) is 0 Å². The first-order valence-corrected chi connectivity index (χ1v) is 7.20. The molecule has 1 unspecified atom stereocenters. The molecule has 0 saturated carbocycles. The van der Waals surface area contributed by atoms with Crippen LogP contribution in [0, 0.1) is 0 Å². The van der Waals surface area contributed by atoms with Gasteiger partial charge in [-0.05, 0) is 30.7 Å². The Morgan fingerprint density at radius 1 is 1.26 bits per heavy atom. The molecule has 100 valence electrons. The number of halogens is 1. The lowest BCUT2D eigenvalue weighted by atomic mass is 9.99. The van der Waals surface area contributed by atoms with Crippen LogP contribution in [-0.4, -0.2) is 11.5 Å². The third kappa shape index (κ3) is 3.33. The van der Waals surface area contributed by atoms with Gasteiger partial charge < -0.3 is 11.1 Å². The summed E-state index contributed by atoms with van der Waals surface area (Å²) in [7, 11) is 0. The molecule has 1 aromatic heterocycles. The number of rotatable bonds is 5. The molecule has 1 heterocycles. The average Bonchev–Trinajstić information content (AvgIpc) is 2.42. The molecule has 0 amide bonds. The lowest BCUT2D eigenvalue weighted by molar-refractivity contribution is 0.596. The van der Waals surface area contributed by atoms with Gasteiger partial charge in [0.05, 0.1) is 6.04 Å². The molecular weight excluding hydrogens is 302 g/mol. The maximum Gasteiger partial charge on any atom is 0.0623 e. The summed E-state index contributed by atoms with van der Waals surface area (Å²) >= 11 is 3.61. The number of hydrogen-bond donors (Lipinski definition) is 2. The quantitative estimate of drug-likeness (QED) is 0.886. The first kappa shape index (κ1) is 14.0. The molecule has 0 aliphatic carbocycles. The smallest absolute Gasteiger partial charge is 0.0623 e. The number of pyridine rings is 1. The standard InChI is InChI=1S/C15H18BrN3/c1-2-8-19-15(11-5-3-4-6-13(11)16)12-10-18-9-7-14(12)17/h3-7,9-10,15,19H,2,8H2,1H3,(H2,17,18). The molecule has 4 heteroatoms. The van der Waals surface area contributed by atoms with Gasteiger partial charge in [-0.1, -0.05) is 41.1 Å². The summed E-state index contributed by atoms with van der Waals surface area (Å²) in [5.41, 5.74) is 9.04. The zero-order chi connectivity index (χ0) is 13.7. The van der Waals surface area contributed by atoms with Crippen molar-refractivity contribution in [2.24, 2.45) is 0 Å². The first-order valence-electron chi connectivity index (χ1n) is 6.41. The van der Waals surface area contributed by atoms with Crippen LogP contribution in [0.4, 0.5) is 5.69 Å². The first-order chi connectivity index (χ1) is 9.24. The third-order valence-corrected chi connectivity index (χ3v) is 3.73. The van der Waals surface area contributed by atoms with Crippen LogP contribution in [0.15, 0.2) is 47.2 Å². The van der Waals surface area contributed by atoms with E-state index in [4.69, 9.17) is 5.73 Å². The van der Waals surface area contributed by atoms with Gasteiger partial charge in [0.15, 0.2) is 0 Å². The third-order valence-electron chi connectivity index (χ3n) is 3.01. The Hall–Kier alpha value is -1.39. The number of nitrogens with zero attached hydrogens (tertiary/aromatic N) is 1. The van der Waals surface area contributed by atoms with Crippen LogP contribution in [-0.2, 0) is 0 Å². The highest BCUT2D eigenvalue weighted by Gasteiger charge is 2.18. The molecule has 1 atom stereocenters. The summed E-state index contributed by atoms with van der Waals surface area (Å²) in [5, 5.41) is 3.53. The Kier molecular flexibility index (Phi) is 4.93. The lowest BCUT2D eigenvalue weighted by Gasteiger charge is -2.21. The van der Waals surface area contributed by atoms with Crippen molar-refractivity contribution in [2.45, 2.75) is 19.4 Å². The van der Waals surface area contributed by atoms with E-state index in [0.29, 0.717) is 0 Å². The summed E-state index contributed by atoms with van der Waals surface area (Å²) < 4.78 is 1.08. The van der Waals surface area contributed by atoms with Gasteiger partial charge in [-0.2, -0.15) is 0 Å². The van der Waals surface area contributed by atoms with E-state index in [2.05, 4.69) is 39.2 Å². The molecule has 2 aromatic rings. The van der Waals surface area contributed by atoms with E-state index in [1.165, 1.54) is 5.56 Å². The van der Waals surface area contributed by atoms with Gasteiger partial charge in [0.2, 0.25) is 0 Å². The van der Waals surface area contributed by atoms with E-state index in [1.807, 2.05) is 30.5 Å². The van der Waals surface area contributed by atoms with Crippen molar-refractivity contribution in [1.82, 2.24) is 10.3 Å². The fourth-order valence-corrected chi connectivity index (χ4v) is 2.56. The fraction of sp³-hybridized carbons (Fsp3) is 0.267. The molecule has 0 aliphatic rings. The van der Waals surface area contributed by atoms with Crippen LogP contribution in [0.25, 0.3) is 0 Å². The second kappa shape index (κ2) is 6.68. The summed E-state index contributed by atoms with van der Waals surface area (Å²) in [5.74, 6) is 0. The summed E-state index contributed by atoms with van der Waals surface area (Å²) in [6.07, 6.45) is 4.62. The van der Waals surface area contributed by atoms with E-state index in [1.54, 1.807) is 6.20 Å². The summed E-state index contributed by atoms with van der Waals surface area (Å²) in [4.78, 5) is 4.19. The predicted molar refractivity (Wildman–Crippen MR) is 82.9 cm³/mol. The second-order valence-electron chi connectivity index (χ2n) is 4.41. The SMILES string of the molecule is CCCNC(c1cnccc1N)c1ccccc1Br. The van der Waals surface area contributed by atoms with Crippen molar-refractivity contribution in [3.05, 3.63) is 58.3 Å². The molecule has 0 aliphatic heterocycles. The summed E-state index contributed by atoms with van der Waals surface area (Å²) in [6, 6.07) is 10.1. The Balaban J connectivity index is 2.42. The van der Waals surface area contributed by atoms with Gasteiger partial charge in [0.25, 0.3) is 0 Å². The van der Waals surface area contributed by atoms with Crippen LogP contribution in [0.1, 0.15) is 30.5 Å². The molecule has 3 nitrogen and oxygen atoms in total. The molecule has 0 bridgehead atoms. The Morgan fingerprint density at radius 2 is 2.05 bits per heavy atom. The van der Waals surface area contributed by atoms with E-state index < -0.39 is 0 Å². The number of anilines is 1. The van der Waals surface area contributed by atoms with E-state index in [-0.39, 0.29) is 6.04 Å². The fourth-order valence-electron chi connectivity index (χ4n) is 2.04. The van der Waals surface area contributed by atoms with Crippen LogP contribution in [0.2, 0.25) is 0 Å². The van der Waals surface area contributed by atoms with Crippen molar-refractivity contribution in [1.29, 1.82) is 0 Å². The number of nitrogens with two attached hydrogens (primary N) is 1. The maximum absolute atomic E-state index is 6.09. The van der Waals surface area contributed by atoms with Crippen molar-refractivity contribution in [3.8, 4) is 0 Å². The van der Waals surface area contributed by atoms with Crippen LogP contribution >= 0.6 is 15.9 Å². The lowest BCUT2D eigenvalue weighted by Crippen LogP contribution is -2.24. The molecule has 0 spiro atoms. The molecule has 0 saturated heterocycles. The van der Waals surface area contributed by atoms with Crippen LogP contribution in [0.3, 0.4) is 0 Å². The number of nitrogens with one attached hydrogen (secondary N) is 1. The number of nitrogen functional groups attached to an aromatic ring is 1. The highest BCUT2D eigenvalue weighted by atomic mass is 79.9. The number of benzene rings is 1. The van der Waals surface area contributed by atoms with Gasteiger partial charge in [-0.25, -0.2) is 0 Å². The molecule has 0 radical (unpaired) electrons. The van der Waals surface area contributed by atoms with Crippen LogP contribution < -0.4 is 11.1 Å². The van der Waals surface area contributed by atoms with Crippen molar-refractivity contribution in [3.63, 3.8) is 0 Å². The average molecular weight is 320 g/mol. The molecule has 1 aromatic carbocycles. The van der Waals surface area contributed by atoms with E-state index in [0.717, 1.165) is 28.7 Å². The van der Waals surface area contributed by atoms with Crippen molar-refractivity contribution >= 4 is 21.6 Å². The topological polar surface area (TPSA) is 50.9 Å². The van der Waals surface area contributed by atoms with Crippen molar-refractivity contribution < 1.29 is 0 Å². The Bertz CT molecular complexity index is 497. The zero-order valence-electron chi connectivity index (χ0n) is 10.9. The van der Waals surface area contributed by atoms with Gasteiger partial charge in [-0.3, -0.25) is 4.98 Å². The number of aromatic nitrogens is 1. The Morgan fingerprint density at radius 3 is 2.74 bits per heavy atom. The molecular formula is C15H18BrN3. The number of hydrogen-bond acceptors (Lipinski definition) is 3. The largest absolute Gasteiger partial charge is 0.398 e. The minimum Gasteiger partial charge on any atom is -0.398 e. The van der Waals surface area contributed by atoms with E-state index >= 15 is 0 Å². The highest BCUT2D eigenvalue weighted by molar-refractivity contribution is 9.10.